The van der Waals surface area contributed by atoms with Crippen molar-refractivity contribution in [1.29, 1.82) is 0 Å². The normalized spacial score (nSPS) is 10.7. The van der Waals surface area contributed by atoms with Crippen LogP contribution in [0.2, 0.25) is 0 Å². The fourth-order valence-electron chi connectivity index (χ4n) is 3.20. The Balaban J connectivity index is 1.49. The molecule has 0 aliphatic carbocycles. The summed E-state index contributed by atoms with van der Waals surface area (Å²) in [6.07, 6.45) is 0. The maximum Gasteiger partial charge on any atom is 0.338 e. The fraction of sp³-hybridized carbons (Fsp3) is 0.0800. The summed E-state index contributed by atoms with van der Waals surface area (Å²) in [6, 6.07) is 22.1. The minimum atomic E-state index is -0.540. The number of hydrogen-bond donors (Lipinski definition) is 0. The molecular weight excluding hydrogens is 380 g/mol. The maximum absolute atomic E-state index is 12.5. The van der Waals surface area contributed by atoms with E-state index in [1.807, 2.05) is 25.1 Å². The summed E-state index contributed by atoms with van der Waals surface area (Å²) in [5.41, 5.74) is 2.89. The van der Waals surface area contributed by atoms with Gasteiger partial charge in [-0.25, -0.2) is 9.59 Å². The summed E-state index contributed by atoms with van der Waals surface area (Å²) in [6.45, 7) is 1.84. The molecule has 0 fully saturated rings. The molecule has 0 spiro atoms. The number of ketones is 1. The average Bonchev–Trinajstić information content (AvgIpc) is 2.77. The second kappa shape index (κ2) is 8.17. The van der Waals surface area contributed by atoms with Crippen LogP contribution in [0.25, 0.3) is 11.0 Å². The van der Waals surface area contributed by atoms with Gasteiger partial charge in [-0.2, -0.15) is 0 Å². The first-order chi connectivity index (χ1) is 14.5. The number of benzene rings is 3. The predicted octanol–water partition coefficient (Wildman–Crippen LogP) is 4.69. The quantitative estimate of drug-likeness (QED) is 0.277. The number of aryl methyl sites for hydroxylation is 1. The van der Waals surface area contributed by atoms with Crippen LogP contribution in [0.15, 0.2) is 88.1 Å². The molecule has 0 radical (unpaired) electrons. The number of hydrogen-bond acceptors (Lipinski definition) is 5. The molecule has 0 atom stereocenters. The molecule has 0 bridgehead atoms. The largest absolute Gasteiger partial charge is 0.457 e. The molecule has 0 saturated heterocycles. The van der Waals surface area contributed by atoms with Crippen LogP contribution >= 0.6 is 0 Å². The van der Waals surface area contributed by atoms with E-state index in [9.17, 15) is 14.4 Å². The molecular formula is C25H18O5. The second-order valence-corrected chi connectivity index (χ2v) is 6.94. The van der Waals surface area contributed by atoms with Crippen LogP contribution < -0.4 is 5.63 Å². The Bertz CT molecular complexity index is 1280. The number of ether oxygens (including phenoxy) is 1. The van der Waals surface area contributed by atoms with Gasteiger partial charge in [-0.05, 0) is 30.7 Å². The van der Waals surface area contributed by atoms with Crippen LogP contribution in [0.1, 0.15) is 37.4 Å². The van der Waals surface area contributed by atoms with Crippen molar-refractivity contribution < 1.29 is 18.7 Å². The van der Waals surface area contributed by atoms with E-state index in [0.29, 0.717) is 27.8 Å². The third kappa shape index (κ3) is 4.05. The van der Waals surface area contributed by atoms with Crippen molar-refractivity contribution >= 4 is 22.7 Å². The van der Waals surface area contributed by atoms with Gasteiger partial charge in [-0.15, -0.1) is 0 Å². The van der Waals surface area contributed by atoms with Gasteiger partial charge < -0.3 is 9.15 Å². The minimum Gasteiger partial charge on any atom is -0.457 e. The van der Waals surface area contributed by atoms with Crippen LogP contribution in [0.3, 0.4) is 0 Å². The highest BCUT2D eigenvalue weighted by Crippen LogP contribution is 2.20. The molecule has 5 heteroatoms. The summed E-state index contributed by atoms with van der Waals surface area (Å²) in [4.78, 5) is 36.7. The highest BCUT2D eigenvalue weighted by molar-refractivity contribution is 6.09. The Kier molecular flexibility index (Phi) is 5.26. The maximum atomic E-state index is 12.5. The van der Waals surface area contributed by atoms with Crippen LogP contribution in [0.4, 0.5) is 0 Å². The van der Waals surface area contributed by atoms with Gasteiger partial charge in [0.1, 0.15) is 12.2 Å². The van der Waals surface area contributed by atoms with E-state index in [2.05, 4.69) is 0 Å². The molecule has 0 N–H and O–H groups in total. The molecule has 0 aliphatic rings. The average molecular weight is 398 g/mol. The summed E-state index contributed by atoms with van der Waals surface area (Å²) >= 11 is 0. The Morgan fingerprint density at radius 1 is 0.833 bits per heavy atom. The van der Waals surface area contributed by atoms with Gasteiger partial charge in [-0.1, -0.05) is 54.6 Å². The number of fused-ring (bicyclic) bond motifs is 1. The first kappa shape index (κ1) is 19.3. The zero-order chi connectivity index (χ0) is 21.1. The van der Waals surface area contributed by atoms with E-state index in [4.69, 9.17) is 9.15 Å². The monoisotopic (exact) mass is 398 g/mol. The van der Waals surface area contributed by atoms with Crippen LogP contribution in [0.5, 0.6) is 0 Å². The molecule has 30 heavy (non-hydrogen) atoms. The van der Waals surface area contributed by atoms with Gasteiger partial charge in [0.15, 0.2) is 5.78 Å². The van der Waals surface area contributed by atoms with Gasteiger partial charge in [0.25, 0.3) is 0 Å². The summed E-state index contributed by atoms with van der Waals surface area (Å²) < 4.78 is 10.6. The number of rotatable bonds is 5. The van der Waals surface area contributed by atoms with Gasteiger partial charge >= 0.3 is 11.6 Å². The Hall–Kier alpha value is -3.99. The lowest BCUT2D eigenvalue weighted by molar-refractivity contribution is 0.0473. The Morgan fingerprint density at radius 2 is 1.50 bits per heavy atom. The molecule has 0 amide bonds. The Morgan fingerprint density at radius 3 is 2.23 bits per heavy atom. The standard InChI is InChI=1S/C25H18O5/c1-16-7-12-21-20(14-23(26)30-22(21)13-16)15-29-25(28)19-10-8-18(9-11-19)24(27)17-5-3-2-4-6-17/h2-14H,15H2,1H3. The van der Waals surface area contributed by atoms with E-state index in [1.165, 1.54) is 6.07 Å². The summed E-state index contributed by atoms with van der Waals surface area (Å²) in [7, 11) is 0. The van der Waals surface area contributed by atoms with Crippen molar-refractivity contribution in [2.75, 3.05) is 0 Å². The molecule has 1 heterocycles. The van der Waals surface area contributed by atoms with E-state index in [-0.39, 0.29) is 12.4 Å². The highest BCUT2D eigenvalue weighted by Gasteiger charge is 2.13. The predicted molar refractivity (Wildman–Crippen MR) is 113 cm³/mol. The topological polar surface area (TPSA) is 73.6 Å². The molecule has 4 rings (SSSR count). The number of esters is 1. The van der Waals surface area contributed by atoms with Crippen molar-refractivity contribution in [3.8, 4) is 0 Å². The van der Waals surface area contributed by atoms with E-state index in [0.717, 1.165) is 10.9 Å². The zero-order valence-electron chi connectivity index (χ0n) is 16.3. The van der Waals surface area contributed by atoms with E-state index >= 15 is 0 Å². The van der Waals surface area contributed by atoms with Gasteiger partial charge in [-0.3, -0.25) is 4.79 Å². The Labute approximate surface area is 172 Å². The van der Waals surface area contributed by atoms with E-state index < -0.39 is 11.6 Å². The van der Waals surface area contributed by atoms with Crippen LogP contribution in [0, 0.1) is 6.92 Å². The summed E-state index contributed by atoms with van der Waals surface area (Å²) in [5.74, 6) is -0.657. The molecule has 0 aliphatic heterocycles. The SMILES string of the molecule is Cc1ccc2c(COC(=O)c3ccc(C(=O)c4ccccc4)cc3)cc(=O)oc2c1. The van der Waals surface area contributed by atoms with Gasteiger partial charge in [0, 0.05) is 28.1 Å². The number of carbonyl (C=O) groups excluding carboxylic acids is 2. The van der Waals surface area contributed by atoms with Crippen LogP contribution in [-0.4, -0.2) is 11.8 Å². The van der Waals surface area contributed by atoms with Crippen molar-refractivity contribution in [3.63, 3.8) is 0 Å². The first-order valence-corrected chi connectivity index (χ1v) is 9.41. The van der Waals surface area contributed by atoms with Crippen LogP contribution in [-0.2, 0) is 11.3 Å². The fourth-order valence-corrected chi connectivity index (χ4v) is 3.20. The molecule has 5 nitrogen and oxygen atoms in total. The smallest absolute Gasteiger partial charge is 0.338 e. The lowest BCUT2D eigenvalue weighted by atomic mass is 10.0. The van der Waals surface area contributed by atoms with E-state index in [1.54, 1.807) is 54.6 Å². The van der Waals surface area contributed by atoms with Gasteiger partial charge in [0.2, 0.25) is 0 Å². The lowest BCUT2D eigenvalue weighted by Crippen LogP contribution is -2.08. The molecule has 1 aromatic heterocycles. The second-order valence-electron chi connectivity index (χ2n) is 6.94. The van der Waals surface area contributed by atoms with Gasteiger partial charge in [0.05, 0.1) is 5.56 Å². The lowest BCUT2D eigenvalue weighted by Gasteiger charge is -2.08. The molecule has 4 aromatic rings. The first-order valence-electron chi connectivity index (χ1n) is 9.41. The van der Waals surface area contributed by atoms with Crippen molar-refractivity contribution in [1.82, 2.24) is 0 Å². The number of carbonyl (C=O) groups is 2. The highest BCUT2D eigenvalue weighted by atomic mass is 16.5. The van der Waals surface area contributed by atoms with Crippen molar-refractivity contribution in [2.45, 2.75) is 13.5 Å². The van der Waals surface area contributed by atoms with Crippen molar-refractivity contribution in [2.24, 2.45) is 0 Å². The molecule has 0 unspecified atom stereocenters. The third-order valence-electron chi connectivity index (χ3n) is 4.76. The molecule has 0 saturated carbocycles. The third-order valence-corrected chi connectivity index (χ3v) is 4.76. The van der Waals surface area contributed by atoms with Crippen molar-refractivity contribution in [3.05, 3.63) is 117 Å². The minimum absolute atomic E-state index is 0.0608. The zero-order valence-corrected chi connectivity index (χ0v) is 16.3. The molecule has 148 valence electrons. The summed E-state index contributed by atoms with van der Waals surface area (Å²) in [5, 5.41) is 0.719. The molecule has 3 aromatic carbocycles.